The highest BCUT2D eigenvalue weighted by Crippen LogP contribution is 2.39. The Morgan fingerprint density at radius 2 is 1.67 bits per heavy atom. The van der Waals surface area contributed by atoms with Gasteiger partial charge in [0.1, 0.15) is 13.2 Å². The average Bonchev–Trinajstić information content (AvgIpc) is 3.17. The summed E-state index contributed by atoms with van der Waals surface area (Å²) in [5.41, 5.74) is 4.20. The molecule has 0 spiro atoms. The zero-order valence-corrected chi connectivity index (χ0v) is 15.9. The van der Waals surface area contributed by atoms with Crippen LogP contribution in [0.1, 0.15) is 24.0 Å². The smallest absolute Gasteiger partial charge is 0.259 e. The van der Waals surface area contributed by atoms with Crippen LogP contribution in [0.5, 0.6) is 11.6 Å². The Bertz CT molecular complexity index is 792. The maximum Gasteiger partial charge on any atom is 0.259 e. The molecular formula is C22H27N3O2. The summed E-state index contributed by atoms with van der Waals surface area (Å²) in [7, 11) is 2.32. The highest BCUT2D eigenvalue weighted by atomic mass is 16.6. The maximum atomic E-state index is 5.86. The van der Waals surface area contributed by atoms with Crippen LogP contribution < -0.4 is 14.4 Å². The van der Waals surface area contributed by atoms with Gasteiger partial charge in [0.05, 0.1) is 5.69 Å². The molecule has 1 aromatic carbocycles. The third-order valence-corrected chi connectivity index (χ3v) is 6.41. The number of rotatable bonds is 3. The van der Waals surface area contributed by atoms with E-state index >= 15 is 0 Å². The van der Waals surface area contributed by atoms with Gasteiger partial charge in [-0.25, -0.2) is 4.98 Å². The second-order valence-electron chi connectivity index (χ2n) is 7.88. The van der Waals surface area contributed by atoms with Gasteiger partial charge in [-0.2, -0.15) is 0 Å². The third-order valence-electron chi connectivity index (χ3n) is 6.41. The molecule has 0 atom stereocenters. The van der Waals surface area contributed by atoms with Gasteiger partial charge in [0.25, 0.3) is 5.88 Å². The lowest BCUT2D eigenvalue weighted by Gasteiger charge is -2.40. The number of anilines is 1. The zero-order chi connectivity index (χ0) is 18.2. The Hall–Kier alpha value is -2.27. The fourth-order valence-electron chi connectivity index (χ4n) is 4.82. The molecule has 0 bridgehead atoms. The van der Waals surface area contributed by atoms with E-state index < -0.39 is 0 Å². The topological polar surface area (TPSA) is 37.8 Å². The van der Waals surface area contributed by atoms with Crippen molar-refractivity contribution < 1.29 is 9.47 Å². The molecule has 142 valence electrons. The van der Waals surface area contributed by atoms with Crippen molar-refractivity contribution in [2.45, 2.75) is 37.8 Å². The lowest BCUT2D eigenvalue weighted by Crippen LogP contribution is -2.47. The number of benzene rings is 1. The summed E-state index contributed by atoms with van der Waals surface area (Å²) in [6.07, 6.45) is 6.57. The van der Waals surface area contributed by atoms with E-state index in [9.17, 15) is 0 Å². The zero-order valence-electron chi connectivity index (χ0n) is 15.9. The fraction of sp³-hybridized carbons (Fsp3) is 0.500. The first-order valence-corrected chi connectivity index (χ1v) is 10.1. The molecule has 5 rings (SSSR count). The number of likely N-dealkylation sites (N-methyl/N-ethyl adjacent to an activating group) is 1. The predicted molar refractivity (Wildman–Crippen MR) is 106 cm³/mol. The minimum atomic E-state index is 0.583. The Morgan fingerprint density at radius 1 is 0.963 bits per heavy atom. The molecule has 2 aromatic rings. The first kappa shape index (κ1) is 16.9. The monoisotopic (exact) mass is 365 g/mol. The van der Waals surface area contributed by atoms with Gasteiger partial charge in [-0.05, 0) is 49.9 Å². The third kappa shape index (κ3) is 3.14. The molecule has 0 amide bonds. The highest BCUT2D eigenvalue weighted by molar-refractivity contribution is 5.63. The number of aromatic nitrogens is 1. The Kier molecular flexibility index (Phi) is 4.40. The number of fused-ring (bicyclic) bond motifs is 2. The first-order valence-electron chi connectivity index (χ1n) is 10.1. The largest absolute Gasteiger partial charge is 0.483 e. The van der Waals surface area contributed by atoms with Crippen molar-refractivity contribution in [2.24, 2.45) is 0 Å². The normalized spacial score (nSPS) is 20.1. The molecule has 3 aliphatic rings. The van der Waals surface area contributed by atoms with Crippen LogP contribution in [-0.2, 0) is 12.8 Å². The molecule has 0 saturated carbocycles. The van der Waals surface area contributed by atoms with E-state index in [-0.39, 0.29) is 0 Å². The quantitative estimate of drug-likeness (QED) is 0.836. The van der Waals surface area contributed by atoms with Crippen molar-refractivity contribution in [3.05, 3.63) is 47.7 Å². The molecule has 1 aliphatic carbocycles. The number of pyridine rings is 1. The Labute approximate surface area is 160 Å². The van der Waals surface area contributed by atoms with Crippen molar-refractivity contribution in [3.63, 3.8) is 0 Å². The van der Waals surface area contributed by atoms with Crippen LogP contribution in [0.4, 0.5) is 5.69 Å². The number of piperidine rings is 1. The molecule has 2 aliphatic heterocycles. The number of ether oxygens (including phenoxy) is 2. The van der Waals surface area contributed by atoms with Crippen LogP contribution in [0.2, 0.25) is 0 Å². The van der Waals surface area contributed by atoms with E-state index in [0.717, 1.165) is 24.5 Å². The summed E-state index contributed by atoms with van der Waals surface area (Å²) in [4.78, 5) is 9.38. The van der Waals surface area contributed by atoms with Gasteiger partial charge in [-0.1, -0.05) is 24.3 Å². The van der Waals surface area contributed by atoms with Crippen LogP contribution in [0.3, 0.4) is 0 Å². The van der Waals surface area contributed by atoms with Crippen LogP contribution in [0.15, 0.2) is 36.5 Å². The van der Waals surface area contributed by atoms with E-state index in [1.54, 1.807) is 0 Å². The van der Waals surface area contributed by atoms with Crippen molar-refractivity contribution >= 4 is 5.69 Å². The Morgan fingerprint density at radius 3 is 2.41 bits per heavy atom. The highest BCUT2D eigenvalue weighted by Gasteiger charge is 2.32. The van der Waals surface area contributed by atoms with E-state index in [1.807, 2.05) is 6.20 Å². The standard InChI is InChI=1S/C22H27N3O2/c1-24(19-14-16-4-2-3-5-17(16)15-19)18-7-10-25(11-8-18)20-6-9-23-22-21(20)26-12-13-27-22/h2-6,9,18-19H,7-8,10-15H2,1H3. The Balaban J connectivity index is 1.24. The summed E-state index contributed by atoms with van der Waals surface area (Å²) in [5.74, 6) is 1.46. The second-order valence-corrected chi connectivity index (χ2v) is 7.88. The van der Waals surface area contributed by atoms with Crippen molar-refractivity contribution in [3.8, 4) is 11.6 Å². The van der Waals surface area contributed by atoms with E-state index in [2.05, 4.69) is 52.2 Å². The molecular weight excluding hydrogens is 338 g/mol. The van der Waals surface area contributed by atoms with Gasteiger partial charge >= 0.3 is 0 Å². The molecule has 0 unspecified atom stereocenters. The van der Waals surface area contributed by atoms with E-state index in [1.165, 1.54) is 36.8 Å². The molecule has 3 heterocycles. The fourth-order valence-corrected chi connectivity index (χ4v) is 4.82. The summed E-state index contributed by atoms with van der Waals surface area (Å²) in [6.45, 7) is 3.29. The molecule has 27 heavy (non-hydrogen) atoms. The molecule has 5 heteroatoms. The maximum absolute atomic E-state index is 5.86. The second kappa shape index (κ2) is 7.04. The van der Waals surface area contributed by atoms with Crippen molar-refractivity contribution in [2.75, 3.05) is 38.3 Å². The van der Waals surface area contributed by atoms with Crippen LogP contribution in [0.25, 0.3) is 0 Å². The lowest BCUT2D eigenvalue weighted by atomic mass is 10.00. The summed E-state index contributed by atoms with van der Waals surface area (Å²) < 4.78 is 11.5. The molecule has 1 aromatic heterocycles. The minimum absolute atomic E-state index is 0.583. The molecule has 1 fully saturated rings. The van der Waals surface area contributed by atoms with Gasteiger partial charge in [0.2, 0.25) is 5.75 Å². The summed E-state index contributed by atoms with van der Waals surface area (Å²) >= 11 is 0. The first-order chi connectivity index (χ1) is 13.3. The molecule has 1 saturated heterocycles. The van der Waals surface area contributed by atoms with Gasteiger partial charge in [0.15, 0.2) is 0 Å². The van der Waals surface area contributed by atoms with Crippen LogP contribution >= 0.6 is 0 Å². The summed E-state index contributed by atoms with van der Waals surface area (Å²) in [5, 5.41) is 0. The van der Waals surface area contributed by atoms with Gasteiger partial charge in [-0.15, -0.1) is 0 Å². The van der Waals surface area contributed by atoms with Crippen molar-refractivity contribution in [1.82, 2.24) is 9.88 Å². The number of hydrogen-bond acceptors (Lipinski definition) is 5. The summed E-state index contributed by atoms with van der Waals surface area (Å²) in [6, 6.07) is 12.3. The average molecular weight is 365 g/mol. The number of nitrogens with zero attached hydrogens (tertiary/aromatic N) is 3. The van der Waals surface area contributed by atoms with E-state index in [4.69, 9.17) is 9.47 Å². The van der Waals surface area contributed by atoms with E-state index in [0.29, 0.717) is 31.2 Å². The van der Waals surface area contributed by atoms with Gasteiger partial charge in [-0.3, -0.25) is 4.90 Å². The van der Waals surface area contributed by atoms with Gasteiger partial charge < -0.3 is 14.4 Å². The predicted octanol–water partition coefficient (Wildman–Crippen LogP) is 2.92. The SMILES string of the molecule is CN(C1CCN(c2ccnc3c2OCCO3)CC1)C1Cc2ccccc2C1. The van der Waals surface area contributed by atoms with Crippen LogP contribution in [-0.4, -0.2) is 55.3 Å². The minimum Gasteiger partial charge on any atom is -0.483 e. The van der Waals surface area contributed by atoms with Crippen LogP contribution in [0, 0.1) is 0 Å². The molecule has 5 nitrogen and oxygen atoms in total. The molecule has 0 radical (unpaired) electrons. The number of hydrogen-bond donors (Lipinski definition) is 0. The van der Waals surface area contributed by atoms with Gasteiger partial charge in [0, 0.05) is 31.4 Å². The van der Waals surface area contributed by atoms with Crippen molar-refractivity contribution in [1.29, 1.82) is 0 Å². The lowest BCUT2D eigenvalue weighted by molar-refractivity contribution is 0.151. The molecule has 0 N–H and O–H groups in total.